The van der Waals surface area contributed by atoms with E-state index < -0.39 is 0 Å². The number of rotatable bonds is 6. The first-order valence-electron chi connectivity index (χ1n) is 10.4. The van der Waals surface area contributed by atoms with Crippen molar-refractivity contribution in [1.29, 1.82) is 0 Å². The molecule has 2 N–H and O–H groups in total. The van der Waals surface area contributed by atoms with Crippen LogP contribution in [0.15, 0.2) is 9.59 Å². The van der Waals surface area contributed by atoms with E-state index in [0.717, 1.165) is 48.1 Å². The quantitative estimate of drug-likeness (QED) is 0.645. The van der Waals surface area contributed by atoms with Gasteiger partial charge < -0.3 is 19.5 Å². The van der Waals surface area contributed by atoms with Crippen LogP contribution in [-0.4, -0.2) is 59.3 Å². The first-order chi connectivity index (χ1) is 13.9. The fourth-order valence-electron chi connectivity index (χ4n) is 4.21. The molecule has 4 heterocycles. The fourth-order valence-corrected chi connectivity index (χ4v) is 5.45. The molecule has 160 valence electrons. The summed E-state index contributed by atoms with van der Waals surface area (Å²) in [6, 6.07) is 0. The Morgan fingerprint density at radius 3 is 2.66 bits per heavy atom. The Balaban J connectivity index is 1.81. The van der Waals surface area contributed by atoms with Gasteiger partial charge in [0.15, 0.2) is 0 Å². The summed E-state index contributed by atoms with van der Waals surface area (Å²) in [5.41, 5.74) is 0.185. The van der Waals surface area contributed by atoms with E-state index in [1.54, 1.807) is 4.57 Å². The number of hydrogen-bond donors (Lipinski definition) is 2. The largest absolute Gasteiger partial charge is 0.396 e. The summed E-state index contributed by atoms with van der Waals surface area (Å²) in [7, 11) is 0. The zero-order chi connectivity index (χ0) is 20.6. The number of morpholine rings is 1. The minimum Gasteiger partial charge on any atom is -0.396 e. The van der Waals surface area contributed by atoms with Gasteiger partial charge in [-0.25, -0.2) is 4.79 Å². The minimum atomic E-state index is -0.331. The molecule has 0 radical (unpaired) electrons. The topological polar surface area (TPSA) is 87.1 Å². The molecule has 2 aliphatic heterocycles. The molecule has 0 atom stereocenters. The van der Waals surface area contributed by atoms with Crippen molar-refractivity contribution in [2.45, 2.75) is 52.0 Å². The molecule has 8 nitrogen and oxygen atoms in total. The second-order valence-corrected chi connectivity index (χ2v) is 9.57. The molecule has 1 saturated heterocycles. The Morgan fingerprint density at radius 2 is 1.93 bits per heavy atom. The van der Waals surface area contributed by atoms with Crippen molar-refractivity contribution in [2.75, 3.05) is 39.5 Å². The smallest absolute Gasteiger partial charge is 0.332 e. The maximum absolute atomic E-state index is 13.3. The van der Waals surface area contributed by atoms with Gasteiger partial charge in [-0.2, -0.15) is 0 Å². The second-order valence-electron chi connectivity index (χ2n) is 8.49. The Bertz CT molecular complexity index is 1000. The van der Waals surface area contributed by atoms with Gasteiger partial charge in [-0.1, -0.05) is 0 Å². The molecule has 0 spiro atoms. The zero-order valence-corrected chi connectivity index (χ0v) is 18.0. The van der Waals surface area contributed by atoms with Crippen molar-refractivity contribution >= 4 is 21.6 Å². The van der Waals surface area contributed by atoms with Crippen LogP contribution in [0.4, 0.5) is 0 Å². The van der Waals surface area contributed by atoms with Crippen LogP contribution in [-0.2, 0) is 35.6 Å². The summed E-state index contributed by atoms with van der Waals surface area (Å²) in [4.78, 5) is 29.7. The van der Waals surface area contributed by atoms with Gasteiger partial charge in [-0.05, 0) is 25.8 Å². The molecule has 1 fully saturated rings. The van der Waals surface area contributed by atoms with Crippen molar-refractivity contribution in [2.24, 2.45) is 0 Å². The number of fused-ring (bicyclic) bond motifs is 3. The van der Waals surface area contributed by atoms with Crippen LogP contribution in [0, 0.1) is 0 Å². The average Bonchev–Trinajstić information content (AvgIpc) is 3.06. The highest BCUT2D eigenvalue weighted by Crippen LogP contribution is 2.37. The lowest BCUT2D eigenvalue weighted by atomic mass is 9.94. The summed E-state index contributed by atoms with van der Waals surface area (Å²) in [5.74, 6) is 0. The van der Waals surface area contributed by atoms with E-state index in [1.165, 1.54) is 20.8 Å². The van der Waals surface area contributed by atoms with Crippen LogP contribution in [0.3, 0.4) is 0 Å². The van der Waals surface area contributed by atoms with Crippen LogP contribution < -0.4 is 16.1 Å². The van der Waals surface area contributed by atoms with Crippen LogP contribution in [0.5, 0.6) is 0 Å². The Hall–Kier alpha value is -1.52. The molecule has 0 aliphatic carbocycles. The lowest BCUT2D eigenvalue weighted by Crippen LogP contribution is -3.14. The van der Waals surface area contributed by atoms with E-state index >= 15 is 0 Å². The summed E-state index contributed by atoms with van der Waals surface area (Å²) in [5, 5.41) is 9.90. The molecule has 9 heteroatoms. The molecule has 29 heavy (non-hydrogen) atoms. The maximum atomic E-state index is 13.3. The summed E-state index contributed by atoms with van der Waals surface area (Å²) >= 11 is 1.52. The first kappa shape index (κ1) is 20.7. The number of ether oxygens (including phenoxy) is 2. The maximum Gasteiger partial charge on any atom is 0.332 e. The third-order valence-electron chi connectivity index (χ3n) is 5.86. The summed E-state index contributed by atoms with van der Waals surface area (Å²) < 4.78 is 14.5. The second kappa shape index (κ2) is 8.31. The zero-order valence-electron chi connectivity index (χ0n) is 17.2. The van der Waals surface area contributed by atoms with Crippen molar-refractivity contribution in [3.05, 3.63) is 31.3 Å². The van der Waals surface area contributed by atoms with Crippen LogP contribution in [0.25, 0.3) is 10.2 Å². The van der Waals surface area contributed by atoms with Gasteiger partial charge in [0.1, 0.15) is 17.9 Å². The van der Waals surface area contributed by atoms with Gasteiger partial charge >= 0.3 is 5.69 Å². The van der Waals surface area contributed by atoms with Crippen LogP contribution in [0.2, 0.25) is 0 Å². The van der Waals surface area contributed by atoms with E-state index in [4.69, 9.17) is 9.47 Å². The van der Waals surface area contributed by atoms with E-state index in [1.807, 2.05) is 13.8 Å². The lowest BCUT2D eigenvalue weighted by molar-refractivity contribution is -0.908. The molecule has 2 aromatic heterocycles. The molecular weight excluding hydrogens is 394 g/mol. The van der Waals surface area contributed by atoms with E-state index in [0.29, 0.717) is 31.4 Å². The Morgan fingerprint density at radius 1 is 1.17 bits per heavy atom. The number of quaternary nitrogens is 1. The monoisotopic (exact) mass is 424 g/mol. The number of nitrogens with zero attached hydrogens (tertiary/aromatic N) is 2. The highest BCUT2D eigenvalue weighted by Gasteiger charge is 2.32. The first-order valence-corrected chi connectivity index (χ1v) is 11.2. The number of aliphatic hydroxyl groups is 1. The number of thiophene rings is 1. The third kappa shape index (κ3) is 4.06. The van der Waals surface area contributed by atoms with Gasteiger partial charge in [-0.15, -0.1) is 11.3 Å². The van der Waals surface area contributed by atoms with Crippen molar-refractivity contribution in [3.63, 3.8) is 0 Å². The van der Waals surface area contributed by atoms with Crippen LogP contribution in [0.1, 0.15) is 30.7 Å². The van der Waals surface area contributed by atoms with E-state index in [-0.39, 0.29) is 30.0 Å². The van der Waals surface area contributed by atoms with Gasteiger partial charge in [0.2, 0.25) is 0 Å². The molecule has 0 amide bonds. The normalized spacial score (nSPS) is 19.6. The average molecular weight is 425 g/mol. The Kier molecular flexibility index (Phi) is 5.94. The predicted octanol–water partition coefficient (Wildman–Crippen LogP) is -0.626. The van der Waals surface area contributed by atoms with Crippen LogP contribution >= 0.6 is 11.3 Å². The van der Waals surface area contributed by atoms with Gasteiger partial charge in [0, 0.05) is 24.4 Å². The summed E-state index contributed by atoms with van der Waals surface area (Å²) in [6.07, 6.45) is 1.04. The highest BCUT2D eigenvalue weighted by molar-refractivity contribution is 7.18. The SMILES string of the molecule is CC1(C)Cc2c(sc3c2c(=O)n(CCCO)c(=O)n3CC[NH+]2CCOCC2)CO1. The number of nitrogens with one attached hydrogen (secondary N) is 1. The predicted molar refractivity (Wildman–Crippen MR) is 111 cm³/mol. The standard InChI is InChI=1S/C20H29N3O5S/c1-20(2)12-14-15(13-28-20)29-18-16(14)17(25)22(4-3-9-24)19(26)23(18)6-5-21-7-10-27-11-8-21/h24H,3-13H2,1-2H3/p+1. The van der Waals surface area contributed by atoms with Gasteiger partial charge in [0.25, 0.3) is 5.56 Å². The van der Waals surface area contributed by atoms with E-state index in [2.05, 4.69) is 0 Å². The van der Waals surface area contributed by atoms with Crippen molar-refractivity contribution in [1.82, 2.24) is 9.13 Å². The molecule has 0 aromatic carbocycles. The van der Waals surface area contributed by atoms with E-state index in [9.17, 15) is 14.7 Å². The number of hydrogen-bond acceptors (Lipinski definition) is 6. The summed E-state index contributed by atoms with van der Waals surface area (Å²) in [6.45, 7) is 9.46. The molecule has 0 saturated carbocycles. The molecule has 0 bridgehead atoms. The van der Waals surface area contributed by atoms with Crippen molar-refractivity contribution < 1.29 is 19.5 Å². The Labute approximate surface area is 173 Å². The minimum absolute atomic E-state index is 0.0511. The third-order valence-corrected chi connectivity index (χ3v) is 7.09. The van der Waals surface area contributed by atoms with Gasteiger partial charge in [0.05, 0.1) is 43.9 Å². The number of aliphatic hydroxyl groups excluding tert-OH is 1. The van der Waals surface area contributed by atoms with Crippen molar-refractivity contribution in [3.8, 4) is 0 Å². The molecule has 4 rings (SSSR count). The molecular formula is C20H30N3O5S+. The lowest BCUT2D eigenvalue weighted by Gasteiger charge is -2.29. The molecule has 0 unspecified atom stereocenters. The fraction of sp³-hybridized carbons (Fsp3) is 0.700. The molecule has 2 aliphatic rings. The number of aromatic nitrogens is 2. The highest BCUT2D eigenvalue weighted by atomic mass is 32.1. The molecule has 2 aromatic rings. The van der Waals surface area contributed by atoms with Gasteiger partial charge in [-0.3, -0.25) is 13.9 Å².